The molecule has 0 saturated carbocycles. The molecule has 0 N–H and O–H groups in total. The molecular weight excluding hydrogens is 366 g/mol. The predicted octanol–water partition coefficient (Wildman–Crippen LogP) is 3.53. The maximum atomic E-state index is 12.6. The average Bonchev–Trinajstić information content (AvgIpc) is 3.19. The van der Waals surface area contributed by atoms with E-state index in [4.69, 9.17) is 20.8 Å². The Morgan fingerprint density at radius 3 is 2.85 bits per heavy atom. The van der Waals surface area contributed by atoms with Crippen LogP contribution in [0.1, 0.15) is 33.8 Å². The molecule has 138 valence electrons. The Bertz CT molecular complexity index is 929. The molecule has 2 aromatic heterocycles. The summed E-state index contributed by atoms with van der Waals surface area (Å²) >= 11 is 6.20. The SMILES string of the molecule is O=C(c1ccccn1)N1CCO[C@H](c2ncc(Cc3ccccc3Cl)o2)C1. The summed E-state index contributed by atoms with van der Waals surface area (Å²) in [5, 5.41) is 0.691. The number of pyridine rings is 1. The van der Waals surface area contributed by atoms with Crippen LogP contribution in [0.15, 0.2) is 59.3 Å². The molecule has 1 fully saturated rings. The van der Waals surface area contributed by atoms with Gasteiger partial charge >= 0.3 is 0 Å². The number of halogens is 1. The normalized spacial score (nSPS) is 17.1. The lowest BCUT2D eigenvalue weighted by Crippen LogP contribution is -2.42. The standard InChI is InChI=1S/C20H18ClN3O3/c21-16-6-2-1-5-14(16)11-15-12-23-19(27-15)18-13-24(9-10-26-18)20(25)17-7-3-4-8-22-17/h1-8,12,18H,9-11,13H2/t18-/m0/s1. The molecule has 7 heteroatoms. The van der Waals surface area contributed by atoms with Crippen LogP contribution in [0.5, 0.6) is 0 Å². The minimum absolute atomic E-state index is 0.119. The lowest BCUT2D eigenvalue weighted by atomic mass is 10.1. The number of hydrogen-bond donors (Lipinski definition) is 0. The molecule has 0 radical (unpaired) electrons. The highest BCUT2D eigenvalue weighted by Crippen LogP contribution is 2.25. The van der Waals surface area contributed by atoms with Crippen LogP contribution in [-0.2, 0) is 11.2 Å². The van der Waals surface area contributed by atoms with E-state index in [1.165, 1.54) is 0 Å². The van der Waals surface area contributed by atoms with Crippen LogP contribution in [-0.4, -0.2) is 40.5 Å². The van der Waals surface area contributed by atoms with Crippen LogP contribution in [0.3, 0.4) is 0 Å². The molecule has 3 aromatic rings. The van der Waals surface area contributed by atoms with Crippen molar-refractivity contribution < 1.29 is 13.9 Å². The molecule has 0 spiro atoms. The van der Waals surface area contributed by atoms with E-state index in [1.807, 2.05) is 24.3 Å². The monoisotopic (exact) mass is 383 g/mol. The van der Waals surface area contributed by atoms with Crippen LogP contribution in [0.2, 0.25) is 5.02 Å². The fourth-order valence-electron chi connectivity index (χ4n) is 3.02. The van der Waals surface area contributed by atoms with Crippen molar-refractivity contribution in [3.8, 4) is 0 Å². The minimum atomic E-state index is -0.397. The molecular formula is C20H18ClN3O3. The van der Waals surface area contributed by atoms with Gasteiger partial charge in [0.1, 0.15) is 11.5 Å². The number of rotatable bonds is 4. The first-order valence-corrected chi connectivity index (χ1v) is 9.08. The Hall–Kier alpha value is -2.70. The number of ether oxygens (including phenoxy) is 1. The molecule has 4 rings (SSSR count). The van der Waals surface area contributed by atoms with Crippen molar-refractivity contribution in [2.45, 2.75) is 12.5 Å². The topological polar surface area (TPSA) is 68.5 Å². The average molecular weight is 384 g/mol. The molecule has 1 saturated heterocycles. The predicted molar refractivity (Wildman–Crippen MR) is 99.6 cm³/mol. The van der Waals surface area contributed by atoms with Gasteiger partial charge in [0, 0.05) is 24.2 Å². The highest BCUT2D eigenvalue weighted by molar-refractivity contribution is 6.31. The molecule has 1 aliphatic heterocycles. The number of amides is 1. The molecule has 1 atom stereocenters. The van der Waals surface area contributed by atoms with Gasteiger partial charge in [-0.1, -0.05) is 35.9 Å². The first kappa shape index (κ1) is 17.7. The van der Waals surface area contributed by atoms with E-state index in [9.17, 15) is 4.79 Å². The maximum absolute atomic E-state index is 12.6. The van der Waals surface area contributed by atoms with Crippen LogP contribution in [0, 0.1) is 0 Å². The van der Waals surface area contributed by atoms with E-state index in [-0.39, 0.29) is 5.91 Å². The Morgan fingerprint density at radius 2 is 2.04 bits per heavy atom. The molecule has 1 aliphatic rings. The van der Waals surface area contributed by atoms with E-state index in [0.29, 0.717) is 48.5 Å². The second-order valence-electron chi connectivity index (χ2n) is 6.26. The lowest BCUT2D eigenvalue weighted by Gasteiger charge is -2.31. The molecule has 6 nitrogen and oxygen atoms in total. The molecule has 1 aromatic carbocycles. The number of carbonyl (C=O) groups excluding carboxylic acids is 1. The summed E-state index contributed by atoms with van der Waals surface area (Å²) in [7, 11) is 0. The zero-order chi connectivity index (χ0) is 18.6. The summed E-state index contributed by atoms with van der Waals surface area (Å²) in [5.74, 6) is 1.05. The highest BCUT2D eigenvalue weighted by atomic mass is 35.5. The Kier molecular flexibility index (Phi) is 5.18. The number of hydrogen-bond acceptors (Lipinski definition) is 5. The van der Waals surface area contributed by atoms with Crippen LogP contribution in [0.25, 0.3) is 0 Å². The van der Waals surface area contributed by atoms with E-state index in [0.717, 1.165) is 5.56 Å². The van der Waals surface area contributed by atoms with Gasteiger partial charge in [-0.15, -0.1) is 0 Å². The zero-order valence-corrected chi connectivity index (χ0v) is 15.3. The number of carbonyl (C=O) groups is 1. The van der Waals surface area contributed by atoms with E-state index < -0.39 is 6.10 Å². The van der Waals surface area contributed by atoms with Crippen LogP contribution in [0.4, 0.5) is 0 Å². The molecule has 3 heterocycles. The first-order chi connectivity index (χ1) is 13.2. The maximum Gasteiger partial charge on any atom is 0.272 e. The third kappa shape index (κ3) is 4.02. The van der Waals surface area contributed by atoms with Gasteiger partial charge in [-0.05, 0) is 23.8 Å². The summed E-state index contributed by atoms with van der Waals surface area (Å²) in [6, 6.07) is 12.9. The van der Waals surface area contributed by atoms with E-state index in [2.05, 4.69) is 9.97 Å². The quantitative estimate of drug-likeness (QED) is 0.689. The van der Waals surface area contributed by atoms with Crippen molar-refractivity contribution >= 4 is 17.5 Å². The van der Waals surface area contributed by atoms with Crippen molar-refractivity contribution in [1.29, 1.82) is 0 Å². The summed E-state index contributed by atoms with van der Waals surface area (Å²) < 4.78 is 11.6. The van der Waals surface area contributed by atoms with Gasteiger partial charge in [0.15, 0.2) is 6.10 Å². The molecule has 27 heavy (non-hydrogen) atoms. The number of nitrogens with zero attached hydrogens (tertiary/aromatic N) is 3. The zero-order valence-electron chi connectivity index (χ0n) is 14.5. The fourth-order valence-corrected chi connectivity index (χ4v) is 3.22. The smallest absolute Gasteiger partial charge is 0.272 e. The van der Waals surface area contributed by atoms with Gasteiger partial charge in [0.05, 0.1) is 19.3 Å². The third-order valence-corrected chi connectivity index (χ3v) is 4.78. The molecule has 0 bridgehead atoms. The molecule has 0 aliphatic carbocycles. The number of benzene rings is 1. The van der Waals surface area contributed by atoms with Crippen LogP contribution >= 0.6 is 11.6 Å². The van der Waals surface area contributed by atoms with Gasteiger partial charge in [-0.2, -0.15) is 0 Å². The lowest BCUT2D eigenvalue weighted by molar-refractivity contribution is -0.0350. The summed E-state index contributed by atoms with van der Waals surface area (Å²) in [5.41, 5.74) is 1.39. The summed E-state index contributed by atoms with van der Waals surface area (Å²) in [6.07, 6.45) is 3.45. The van der Waals surface area contributed by atoms with Gasteiger partial charge in [-0.3, -0.25) is 9.78 Å². The van der Waals surface area contributed by atoms with E-state index in [1.54, 1.807) is 35.5 Å². The largest absolute Gasteiger partial charge is 0.442 e. The van der Waals surface area contributed by atoms with Gasteiger partial charge in [-0.25, -0.2) is 4.98 Å². The second kappa shape index (κ2) is 7.90. The van der Waals surface area contributed by atoms with Crippen molar-refractivity contribution in [1.82, 2.24) is 14.9 Å². The van der Waals surface area contributed by atoms with Gasteiger partial charge in [0.2, 0.25) is 5.89 Å². The fraction of sp³-hybridized carbons (Fsp3) is 0.250. The number of morpholine rings is 1. The second-order valence-corrected chi connectivity index (χ2v) is 6.67. The number of oxazole rings is 1. The van der Waals surface area contributed by atoms with E-state index >= 15 is 0 Å². The van der Waals surface area contributed by atoms with Crippen molar-refractivity contribution in [2.75, 3.05) is 19.7 Å². The molecule has 1 amide bonds. The van der Waals surface area contributed by atoms with Crippen LogP contribution < -0.4 is 0 Å². The molecule has 0 unspecified atom stereocenters. The summed E-state index contributed by atoms with van der Waals surface area (Å²) in [6.45, 7) is 1.31. The van der Waals surface area contributed by atoms with Crippen molar-refractivity contribution in [3.05, 3.63) is 82.8 Å². The third-order valence-electron chi connectivity index (χ3n) is 4.41. The number of aromatic nitrogens is 2. The van der Waals surface area contributed by atoms with Gasteiger partial charge < -0.3 is 14.1 Å². The van der Waals surface area contributed by atoms with Gasteiger partial charge in [0.25, 0.3) is 5.91 Å². The minimum Gasteiger partial charge on any atom is -0.442 e. The Balaban J connectivity index is 1.45. The Morgan fingerprint density at radius 1 is 1.19 bits per heavy atom. The Labute approximate surface area is 161 Å². The first-order valence-electron chi connectivity index (χ1n) is 8.70. The van der Waals surface area contributed by atoms with Crippen molar-refractivity contribution in [3.63, 3.8) is 0 Å². The van der Waals surface area contributed by atoms with Crippen molar-refractivity contribution in [2.24, 2.45) is 0 Å². The summed E-state index contributed by atoms with van der Waals surface area (Å²) in [4.78, 5) is 22.8. The highest BCUT2D eigenvalue weighted by Gasteiger charge is 2.29.